The van der Waals surface area contributed by atoms with Gasteiger partial charge < -0.3 is 19.9 Å². The number of carbonyl (C=O) groups is 3. The van der Waals surface area contributed by atoms with E-state index in [1.807, 2.05) is 18.2 Å². The van der Waals surface area contributed by atoms with Crippen LogP contribution >= 0.6 is 0 Å². The first-order chi connectivity index (χ1) is 29.5. The highest BCUT2D eigenvalue weighted by Gasteiger charge is 2.32. The highest BCUT2D eigenvalue weighted by atomic mass is 19.3. The number of imidazole rings is 1. The number of fused-ring (bicyclic) bond motifs is 2. The average molecular weight is 840 g/mol. The number of nitrogens with one attached hydrogen (secondary N) is 2. The predicted molar refractivity (Wildman–Crippen MR) is 224 cm³/mol. The van der Waals surface area contributed by atoms with Gasteiger partial charge in [0.05, 0.1) is 48.2 Å². The summed E-state index contributed by atoms with van der Waals surface area (Å²) in [6, 6.07) is 6.72. The lowest BCUT2D eigenvalue weighted by molar-refractivity contribution is -0.135. The maximum absolute atomic E-state index is 14.3. The molecule has 1 aromatic carbocycles. The number of hydrogen-bond donors (Lipinski definition) is 2. The molecule has 8 rings (SSSR count). The number of amides is 3. The van der Waals surface area contributed by atoms with Gasteiger partial charge in [-0.3, -0.25) is 33.5 Å². The summed E-state index contributed by atoms with van der Waals surface area (Å²) in [6.07, 6.45) is 8.14. The first-order valence-corrected chi connectivity index (χ1v) is 21.1. The number of alkyl halides is 2. The Balaban J connectivity index is 0.822. The zero-order valence-corrected chi connectivity index (χ0v) is 34.6. The highest BCUT2D eigenvalue weighted by Crippen LogP contribution is 2.35. The molecule has 3 aliphatic rings. The van der Waals surface area contributed by atoms with E-state index < -0.39 is 30.0 Å². The van der Waals surface area contributed by atoms with E-state index in [1.165, 1.54) is 26.0 Å². The fourth-order valence-corrected chi connectivity index (χ4v) is 8.91. The van der Waals surface area contributed by atoms with Gasteiger partial charge in [0.15, 0.2) is 11.3 Å². The number of imide groups is 1. The Morgan fingerprint density at radius 2 is 1.93 bits per heavy atom. The van der Waals surface area contributed by atoms with Crippen LogP contribution in [0.2, 0.25) is 0 Å². The lowest BCUT2D eigenvalue weighted by Gasteiger charge is -2.35. The van der Waals surface area contributed by atoms with Crippen LogP contribution in [-0.4, -0.2) is 102 Å². The standard InChI is InChI=1S/C43H51F2N11O5/c1-4-29-26-61-21-20-53(29)36-17-19-54-40(48-36)31(23-46-54)41(58)47-32-25-55(50-38(32)39(44)45)30-12-9-28(10-13-30)24-51(2)18-7-5-6-8-27-11-14-33-35(22-27)52(3)43(60)56(33)34-15-16-37(57)49-42(34)59/h11,14,17,19,22-23,25,28-30,34,39H,4-5,7,9-10,12-13,15-16,18,20-21,24,26H2,1-3H3,(H,47,58)(H,49,57,59)/t28?,29-,30?,34?/m1/s1. The number of piperidine rings is 1. The molecule has 3 amide bonds. The predicted octanol–water partition coefficient (Wildman–Crippen LogP) is 4.86. The molecule has 6 heterocycles. The summed E-state index contributed by atoms with van der Waals surface area (Å²) >= 11 is 0. The molecule has 2 atom stereocenters. The van der Waals surface area contributed by atoms with Gasteiger partial charge in [-0.25, -0.2) is 23.1 Å². The van der Waals surface area contributed by atoms with Crippen molar-refractivity contribution >= 4 is 45.9 Å². The van der Waals surface area contributed by atoms with Gasteiger partial charge in [-0.05, 0) is 88.7 Å². The first kappa shape index (κ1) is 41.8. The van der Waals surface area contributed by atoms with Crippen LogP contribution in [0, 0.1) is 17.8 Å². The van der Waals surface area contributed by atoms with Crippen molar-refractivity contribution < 1.29 is 27.9 Å². The summed E-state index contributed by atoms with van der Waals surface area (Å²) in [5.74, 6) is 6.25. The molecule has 4 aromatic heterocycles. The van der Waals surface area contributed by atoms with Crippen molar-refractivity contribution in [2.24, 2.45) is 13.0 Å². The van der Waals surface area contributed by atoms with Gasteiger partial charge in [-0.1, -0.05) is 18.8 Å². The second-order valence-corrected chi connectivity index (χ2v) is 16.3. The minimum Gasteiger partial charge on any atom is -0.377 e. The van der Waals surface area contributed by atoms with Crippen molar-refractivity contribution in [1.82, 2.24) is 43.7 Å². The van der Waals surface area contributed by atoms with E-state index >= 15 is 0 Å². The molecule has 1 unspecified atom stereocenters. The molecule has 2 N–H and O–H groups in total. The van der Waals surface area contributed by atoms with Crippen molar-refractivity contribution in [1.29, 1.82) is 0 Å². The third kappa shape index (κ3) is 8.80. The van der Waals surface area contributed by atoms with Gasteiger partial charge >= 0.3 is 5.69 Å². The highest BCUT2D eigenvalue weighted by molar-refractivity contribution is 6.08. The summed E-state index contributed by atoms with van der Waals surface area (Å²) in [5.41, 5.74) is 1.79. The van der Waals surface area contributed by atoms with Gasteiger partial charge in [-0.15, -0.1) is 0 Å². The van der Waals surface area contributed by atoms with E-state index in [0.717, 1.165) is 57.2 Å². The number of nitrogens with zero attached hydrogens (tertiary/aromatic N) is 9. The minimum absolute atomic E-state index is 0.0188. The summed E-state index contributed by atoms with van der Waals surface area (Å²) < 4.78 is 40.2. The van der Waals surface area contributed by atoms with Crippen molar-refractivity contribution in [3.05, 3.63) is 70.2 Å². The van der Waals surface area contributed by atoms with Crippen LogP contribution in [-0.2, 0) is 21.4 Å². The summed E-state index contributed by atoms with van der Waals surface area (Å²) in [4.78, 5) is 60.0. The van der Waals surface area contributed by atoms with Crippen LogP contribution in [0.1, 0.15) is 105 Å². The Hall–Kier alpha value is -5.93. The fraction of sp³-hybridized carbons (Fsp3) is 0.512. The third-order valence-electron chi connectivity index (χ3n) is 12.3. The van der Waals surface area contributed by atoms with Gasteiger partial charge in [0.1, 0.15) is 17.4 Å². The second-order valence-electron chi connectivity index (χ2n) is 16.3. The van der Waals surface area contributed by atoms with Crippen LogP contribution in [0.15, 0.2) is 47.7 Å². The van der Waals surface area contributed by atoms with Gasteiger partial charge in [0.25, 0.3) is 12.3 Å². The van der Waals surface area contributed by atoms with Crippen LogP contribution in [0.5, 0.6) is 0 Å². The number of carbonyl (C=O) groups excluding carboxylic acids is 3. The second kappa shape index (κ2) is 18.0. The monoisotopic (exact) mass is 839 g/mol. The molecule has 1 saturated carbocycles. The van der Waals surface area contributed by atoms with E-state index in [9.17, 15) is 28.0 Å². The van der Waals surface area contributed by atoms with Crippen LogP contribution < -0.4 is 21.2 Å². The van der Waals surface area contributed by atoms with E-state index in [2.05, 4.69) is 56.4 Å². The topological polar surface area (TPSA) is 166 Å². The molecular formula is C43H51F2N11O5. The van der Waals surface area contributed by atoms with Gasteiger partial charge in [0.2, 0.25) is 11.8 Å². The van der Waals surface area contributed by atoms with E-state index in [1.54, 1.807) is 24.0 Å². The number of rotatable bonds is 12. The van der Waals surface area contributed by atoms with Gasteiger partial charge in [-0.2, -0.15) is 10.2 Å². The SMILES string of the molecule is CC[C@@H]1COCCN1c1ccn2ncc(C(=O)Nc3cn(C4CCC(CN(C)CCCC#Cc5ccc6c(c5)n(C)c(=O)n6C5CCC(=O)NC5=O)CC4)nc3C(F)F)c2n1. The number of aromatic nitrogens is 7. The van der Waals surface area contributed by atoms with Crippen molar-refractivity contribution in [3.63, 3.8) is 0 Å². The molecule has 16 nitrogen and oxygen atoms in total. The minimum atomic E-state index is -2.87. The van der Waals surface area contributed by atoms with Crippen LogP contribution in [0.25, 0.3) is 16.7 Å². The Morgan fingerprint density at radius 3 is 2.70 bits per heavy atom. The van der Waals surface area contributed by atoms with E-state index in [4.69, 9.17) is 9.72 Å². The Morgan fingerprint density at radius 1 is 1.11 bits per heavy atom. The van der Waals surface area contributed by atoms with Gasteiger partial charge in [0, 0.05) is 50.9 Å². The zero-order valence-electron chi connectivity index (χ0n) is 34.6. The molecule has 18 heteroatoms. The number of benzene rings is 1. The fourth-order valence-electron chi connectivity index (χ4n) is 8.91. The number of anilines is 2. The normalized spacial score (nSPS) is 21.0. The van der Waals surface area contributed by atoms with E-state index in [-0.39, 0.29) is 47.8 Å². The van der Waals surface area contributed by atoms with Crippen molar-refractivity contribution in [2.45, 2.75) is 89.3 Å². The smallest absolute Gasteiger partial charge is 0.329 e. The number of ether oxygens (including phenoxy) is 1. The molecular weight excluding hydrogens is 789 g/mol. The van der Waals surface area contributed by atoms with Crippen LogP contribution in [0.3, 0.4) is 0 Å². The number of halogens is 2. The summed E-state index contributed by atoms with van der Waals surface area (Å²) in [6.45, 7) is 5.71. The average Bonchev–Trinajstić information content (AvgIpc) is 3.95. The molecule has 0 bridgehead atoms. The molecule has 5 aromatic rings. The molecule has 2 saturated heterocycles. The number of morpholine rings is 1. The van der Waals surface area contributed by atoms with E-state index in [0.29, 0.717) is 54.6 Å². The third-order valence-corrected chi connectivity index (χ3v) is 12.3. The number of unbranched alkanes of at least 4 members (excludes halogenated alkanes) is 1. The summed E-state index contributed by atoms with van der Waals surface area (Å²) in [5, 5.41) is 13.6. The molecule has 2 aliphatic heterocycles. The number of hydrogen-bond acceptors (Lipinski definition) is 10. The molecule has 61 heavy (non-hydrogen) atoms. The summed E-state index contributed by atoms with van der Waals surface area (Å²) in [7, 11) is 3.76. The molecule has 0 spiro atoms. The van der Waals surface area contributed by atoms with Crippen LogP contribution in [0.4, 0.5) is 20.3 Å². The Bertz CT molecular complexity index is 2560. The maximum Gasteiger partial charge on any atom is 0.329 e. The number of aryl methyl sites for hydroxylation is 1. The molecule has 0 radical (unpaired) electrons. The Labute approximate surface area is 351 Å². The zero-order chi connectivity index (χ0) is 42.8. The maximum atomic E-state index is 14.3. The largest absolute Gasteiger partial charge is 0.377 e. The first-order valence-electron chi connectivity index (χ1n) is 21.1. The van der Waals surface area contributed by atoms with Crippen molar-refractivity contribution in [3.8, 4) is 11.8 Å². The molecule has 322 valence electrons. The quantitative estimate of drug-likeness (QED) is 0.101. The lowest BCUT2D eigenvalue weighted by Crippen LogP contribution is -2.45. The molecule has 3 fully saturated rings. The lowest BCUT2D eigenvalue weighted by atomic mass is 9.86. The Kier molecular flexibility index (Phi) is 12.3. The van der Waals surface area contributed by atoms with Crippen molar-refractivity contribution in [2.75, 3.05) is 50.1 Å². The molecule has 1 aliphatic carbocycles.